The fourth-order valence-corrected chi connectivity index (χ4v) is 1.81. The number of nitrogens with one attached hydrogen (secondary N) is 1. The van der Waals surface area contributed by atoms with Gasteiger partial charge in [-0.25, -0.2) is 4.79 Å². The Morgan fingerprint density at radius 1 is 1.37 bits per heavy atom. The first kappa shape index (κ1) is 13.2. The summed E-state index contributed by atoms with van der Waals surface area (Å²) in [7, 11) is 5.45. The van der Waals surface area contributed by atoms with Crippen LogP contribution in [-0.4, -0.2) is 50.7 Å². The van der Waals surface area contributed by atoms with Crippen molar-refractivity contribution in [3.05, 3.63) is 24.3 Å². The molecule has 1 saturated heterocycles. The van der Waals surface area contributed by atoms with Crippen molar-refractivity contribution >= 4 is 23.4 Å². The minimum Gasteiger partial charge on any atom is -0.447 e. The molecule has 1 heterocycles. The summed E-state index contributed by atoms with van der Waals surface area (Å²) in [5.74, 6) is -0.244. The van der Waals surface area contributed by atoms with Crippen LogP contribution in [0.3, 0.4) is 0 Å². The number of cyclic esters (lactones) is 1. The van der Waals surface area contributed by atoms with Gasteiger partial charge < -0.3 is 15.0 Å². The Labute approximate surface area is 111 Å². The normalized spacial score (nSPS) is 18.2. The van der Waals surface area contributed by atoms with Gasteiger partial charge in [0, 0.05) is 32.5 Å². The predicted octanol–water partition coefficient (Wildman–Crippen LogP) is 1.14. The molecule has 1 aliphatic heterocycles. The van der Waals surface area contributed by atoms with Gasteiger partial charge in [-0.05, 0) is 24.3 Å². The van der Waals surface area contributed by atoms with E-state index in [0.717, 1.165) is 5.69 Å². The van der Waals surface area contributed by atoms with Gasteiger partial charge in [-0.1, -0.05) is 0 Å². The number of hydrogen-bond acceptors (Lipinski definition) is 4. The monoisotopic (exact) mass is 263 g/mol. The van der Waals surface area contributed by atoms with Gasteiger partial charge in [0.15, 0.2) is 0 Å². The topological polar surface area (TPSA) is 61.9 Å². The molecular formula is C13H17N3O3. The third kappa shape index (κ3) is 2.78. The number of amides is 2. The molecule has 6 heteroatoms. The van der Waals surface area contributed by atoms with Crippen molar-refractivity contribution < 1.29 is 14.3 Å². The van der Waals surface area contributed by atoms with E-state index in [1.54, 1.807) is 7.05 Å². The minimum atomic E-state index is -0.568. The molecule has 0 bridgehead atoms. The second-order valence-electron chi connectivity index (χ2n) is 4.63. The van der Waals surface area contributed by atoms with Gasteiger partial charge in [0.1, 0.15) is 12.6 Å². The van der Waals surface area contributed by atoms with E-state index < -0.39 is 12.1 Å². The van der Waals surface area contributed by atoms with Gasteiger partial charge in [-0.3, -0.25) is 9.69 Å². The summed E-state index contributed by atoms with van der Waals surface area (Å²) in [5, 5.41) is 2.77. The number of rotatable bonds is 3. The number of carbonyl (C=O) groups excluding carboxylic acids is 2. The largest absolute Gasteiger partial charge is 0.447 e. The molecule has 1 aromatic rings. The summed E-state index contributed by atoms with van der Waals surface area (Å²) in [4.78, 5) is 26.4. The molecule has 2 rings (SSSR count). The Hall–Kier alpha value is -2.24. The standard InChI is InChI=1S/C13H17N3O3/c1-15(2)10-6-4-9(5-7-10)14-12(17)11-8-19-13(18)16(11)3/h4-7,11H,8H2,1-3H3,(H,14,17). The van der Waals surface area contributed by atoms with Crippen molar-refractivity contribution in [1.82, 2.24) is 4.90 Å². The lowest BCUT2D eigenvalue weighted by Gasteiger charge is -2.16. The maximum Gasteiger partial charge on any atom is 0.410 e. The highest BCUT2D eigenvalue weighted by atomic mass is 16.6. The van der Waals surface area contributed by atoms with Crippen LogP contribution in [0.25, 0.3) is 0 Å². The van der Waals surface area contributed by atoms with Gasteiger partial charge >= 0.3 is 6.09 Å². The summed E-state index contributed by atoms with van der Waals surface area (Å²) < 4.78 is 4.81. The quantitative estimate of drug-likeness (QED) is 0.888. The Morgan fingerprint density at radius 2 is 2.00 bits per heavy atom. The molecule has 0 radical (unpaired) electrons. The van der Waals surface area contributed by atoms with Crippen LogP contribution < -0.4 is 10.2 Å². The third-order valence-corrected chi connectivity index (χ3v) is 3.07. The van der Waals surface area contributed by atoms with Gasteiger partial charge in [0.25, 0.3) is 5.91 Å². The Balaban J connectivity index is 2.01. The molecule has 0 aliphatic carbocycles. The van der Waals surface area contributed by atoms with Gasteiger partial charge in [-0.2, -0.15) is 0 Å². The molecule has 1 aliphatic rings. The molecule has 1 N–H and O–H groups in total. The molecule has 0 saturated carbocycles. The Kier molecular flexibility index (Phi) is 3.59. The lowest BCUT2D eigenvalue weighted by Crippen LogP contribution is -2.40. The van der Waals surface area contributed by atoms with Gasteiger partial charge in [0.2, 0.25) is 0 Å². The summed E-state index contributed by atoms with van der Waals surface area (Å²) in [6.07, 6.45) is -0.469. The molecule has 19 heavy (non-hydrogen) atoms. The van der Waals surface area contributed by atoms with Crippen molar-refractivity contribution in [2.45, 2.75) is 6.04 Å². The van der Waals surface area contributed by atoms with Gasteiger partial charge in [0.05, 0.1) is 0 Å². The third-order valence-electron chi connectivity index (χ3n) is 3.07. The average molecular weight is 263 g/mol. The second-order valence-corrected chi connectivity index (χ2v) is 4.63. The van der Waals surface area contributed by atoms with Crippen molar-refractivity contribution in [3.63, 3.8) is 0 Å². The van der Waals surface area contributed by atoms with Crippen molar-refractivity contribution in [1.29, 1.82) is 0 Å². The van der Waals surface area contributed by atoms with Crippen LogP contribution in [0.5, 0.6) is 0 Å². The van der Waals surface area contributed by atoms with Crippen molar-refractivity contribution in [2.75, 3.05) is 38.0 Å². The number of hydrogen-bond donors (Lipinski definition) is 1. The number of benzene rings is 1. The fourth-order valence-electron chi connectivity index (χ4n) is 1.81. The van der Waals surface area contributed by atoms with E-state index in [2.05, 4.69) is 5.32 Å². The first-order chi connectivity index (χ1) is 8.99. The summed E-state index contributed by atoms with van der Waals surface area (Å²) in [5.41, 5.74) is 1.75. The maximum atomic E-state index is 12.0. The van der Waals surface area contributed by atoms with Crippen LogP contribution >= 0.6 is 0 Å². The highest BCUT2D eigenvalue weighted by Crippen LogP contribution is 2.17. The molecule has 2 amide bonds. The summed E-state index contributed by atoms with van der Waals surface area (Å²) in [6, 6.07) is 6.90. The predicted molar refractivity (Wildman–Crippen MR) is 72.3 cm³/mol. The van der Waals surface area contributed by atoms with Crippen LogP contribution in [0.1, 0.15) is 0 Å². The van der Waals surface area contributed by atoms with Crippen LogP contribution in [0.15, 0.2) is 24.3 Å². The van der Waals surface area contributed by atoms with Gasteiger partial charge in [-0.15, -0.1) is 0 Å². The van der Waals surface area contributed by atoms with E-state index in [9.17, 15) is 9.59 Å². The summed E-state index contributed by atoms with van der Waals surface area (Å²) >= 11 is 0. The number of ether oxygens (including phenoxy) is 1. The van der Waals surface area contributed by atoms with Crippen LogP contribution in [-0.2, 0) is 9.53 Å². The first-order valence-corrected chi connectivity index (χ1v) is 5.97. The van der Waals surface area contributed by atoms with Crippen LogP contribution in [0.4, 0.5) is 16.2 Å². The zero-order valence-electron chi connectivity index (χ0n) is 11.2. The first-order valence-electron chi connectivity index (χ1n) is 5.97. The highest BCUT2D eigenvalue weighted by Gasteiger charge is 2.35. The Morgan fingerprint density at radius 3 is 2.47 bits per heavy atom. The lowest BCUT2D eigenvalue weighted by atomic mass is 10.2. The van der Waals surface area contributed by atoms with E-state index in [1.165, 1.54) is 4.90 Å². The van der Waals surface area contributed by atoms with E-state index in [1.807, 2.05) is 43.3 Å². The number of anilines is 2. The van der Waals surface area contributed by atoms with Crippen LogP contribution in [0, 0.1) is 0 Å². The fraction of sp³-hybridized carbons (Fsp3) is 0.385. The molecule has 1 unspecified atom stereocenters. The molecule has 1 atom stereocenters. The zero-order valence-corrected chi connectivity index (χ0v) is 11.2. The molecule has 6 nitrogen and oxygen atoms in total. The molecule has 0 aromatic heterocycles. The molecular weight excluding hydrogens is 246 g/mol. The molecule has 1 aromatic carbocycles. The second kappa shape index (κ2) is 5.17. The SMILES string of the molecule is CN(C)c1ccc(NC(=O)C2COC(=O)N2C)cc1. The highest BCUT2D eigenvalue weighted by molar-refractivity contribution is 5.97. The Bertz CT molecular complexity index is 484. The van der Waals surface area contributed by atoms with E-state index in [0.29, 0.717) is 5.69 Å². The van der Waals surface area contributed by atoms with E-state index in [4.69, 9.17) is 4.74 Å². The number of likely N-dealkylation sites (N-methyl/N-ethyl adjacent to an activating group) is 1. The van der Waals surface area contributed by atoms with E-state index in [-0.39, 0.29) is 12.5 Å². The van der Waals surface area contributed by atoms with Crippen LogP contribution in [0.2, 0.25) is 0 Å². The maximum absolute atomic E-state index is 12.0. The summed E-state index contributed by atoms with van der Waals surface area (Å²) in [6.45, 7) is 0.0942. The molecule has 1 fully saturated rings. The van der Waals surface area contributed by atoms with E-state index >= 15 is 0 Å². The lowest BCUT2D eigenvalue weighted by molar-refractivity contribution is -0.119. The number of carbonyl (C=O) groups is 2. The zero-order chi connectivity index (χ0) is 14.0. The minimum absolute atomic E-state index is 0.0942. The molecule has 102 valence electrons. The van der Waals surface area contributed by atoms with Crippen molar-refractivity contribution in [2.24, 2.45) is 0 Å². The average Bonchev–Trinajstić information content (AvgIpc) is 2.70. The smallest absolute Gasteiger partial charge is 0.410 e. The molecule has 0 spiro atoms. The van der Waals surface area contributed by atoms with Crippen molar-refractivity contribution in [3.8, 4) is 0 Å². The number of nitrogens with zero attached hydrogens (tertiary/aromatic N) is 2.